The number of hydrogen-bond donors (Lipinski definition) is 2. The van der Waals surface area contributed by atoms with E-state index in [4.69, 9.17) is 4.74 Å². The number of morpholine rings is 1. The molecule has 2 heterocycles. The summed E-state index contributed by atoms with van der Waals surface area (Å²) in [7, 11) is 0. The van der Waals surface area contributed by atoms with Crippen LogP contribution in [0.3, 0.4) is 0 Å². The number of carbonyl (C=O) groups excluding carboxylic acids is 1. The quantitative estimate of drug-likeness (QED) is 0.897. The van der Waals surface area contributed by atoms with Crippen LogP contribution in [0.15, 0.2) is 24.3 Å². The number of rotatable bonds is 4. The van der Waals surface area contributed by atoms with Crippen LogP contribution in [-0.2, 0) is 4.74 Å². The predicted octanol–water partition coefficient (Wildman–Crippen LogP) is 1.54. The van der Waals surface area contributed by atoms with Gasteiger partial charge >= 0.3 is 0 Å². The molecule has 1 aromatic heterocycles. The molecule has 112 valence electrons. The number of amides is 1. The Morgan fingerprint density at radius 2 is 2.14 bits per heavy atom. The third-order valence-corrected chi connectivity index (χ3v) is 3.84. The maximum atomic E-state index is 12.2. The highest BCUT2D eigenvalue weighted by molar-refractivity contribution is 5.98. The first-order chi connectivity index (χ1) is 10.2. The number of benzene rings is 1. The van der Waals surface area contributed by atoms with Gasteiger partial charge in [-0.3, -0.25) is 9.69 Å². The number of H-pyrrole nitrogens is 1. The summed E-state index contributed by atoms with van der Waals surface area (Å²) in [6, 6.07) is 8.04. The summed E-state index contributed by atoms with van der Waals surface area (Å²) >= 11 is 0. The number of nitrogens with zero attached hydrogens (tertiary/aromatic N) is 1. The van der Waals surface area contributed by atoms with E-state index in [1.807, 2.05) is 18.2 Å². The summed E-state index contributed by atoms with van der Waals surface area (Å²) in [6.45, 7) is 7.05. The third-order valence-electron chi connectivity index (χ3n) is 3.84. The molecular formula is C16H21N3O2. The fraction of sp³-hybridized carbons (Fsp3) is 0.438. The first-order valence-corrected chi connectivity index (χ1v) is 7.40. The fourth-order valence-electron chi connectivity index (χ4n) is 2.62. The van der Waals surface area contributed by atoms with Crippen LogP contribution in [0.4, 0.5) is 0 Å². The highest BCUT2D eigenvalue weighted by atomic mass is 16.5. The summed E-state index contributed by atoms with van der Waals surface area (Å²) in [6.07, 6.45) is 0. The topological polar surface area (TPSA) is 57.4 Å². The molecule has 0 radical (unpaired) electrons. The van der Waals surface area contributed by atoms with Crippen LogP contribution in [0.5, 0.6) is 0 Å². The molecular weight excluding hydrogens is 266 g/mol. The molecule has 0 unspecified atom stereocenters. The van der Waals surface area contributed by atoms with Crippen molar-refractivity contribution >= 4 is 16.8 Å². The fourth-order valence-corrected chi connectivity index (χ4v) is 2.62. The Balaban J connectivity index is 1.56. The SMILES string of the molecule is Cc1ccc2[nH]c(C(=O)NCCN3CCOCC3)cc2c1. The van der Waals surface area contributed by atoms with Crippen LogP contribution in [0, 0.1) is 6.92 Å². The molecule has 0 bridgehead atoms. The maximum Gasteiger partial charge on any atom is 0.267 e. The number of nitrogens with one attached hydrogen (secondary N) is 2. The van der Waals surface area contributed by atoms with Crippen molar-refractivity contribution in [3.8, 4) is 0 Å². The number of aryl methyl sites for hydroxylation is 1. The van der Waals surface area contributed by atoms with Gasteiger partial charge in [0.05, 0.1) is 13.2 Å². The van der Waals surface area contributed by atoms with Crippen molar-refractivity contribution in [1.29, 1.82) is 0 Å². The lowest BCUT2D eigenvalue weighted by Crippen LogP contribution is -2.41. The maximum absolute atomic E-state index is 12.2. The van der Waals surface area contributed by atoms with Crippen LogP contribution < -0.4 is 5.32 Å². The minimum Gasteiger partial charge on any atom is -0.379 e. The van der Waals surface area contributed by atoms with E-state index < -0.39 is 0 Å². The summed E-state index contributed by atoms with van der Waals surface area (Å²) in [4.78, 5) is 17.6. The summed E-state index contributed by atoms with van der Waals surface area (Å²) in [5.74, 6) is -0.0443. The van der Waals surface area contributed by atoms with E-state index in [0.29, 0.717) is 12.2 Å². The van der Waals surface area contributed by atoms with Crippen LogP contribution >= 0.6 is 0 Å². The van der Waals surface area contributed by atoms with Gasteiger partial charge in [-0.1, -0.05) is 11.6 Å². The summed E-state index contributed by atoms with van der Waals surface area (Å²) in [5.41, 5.74) is 2.82. The van der Waals surface area contributed by atoms with Crippen LogP contribution in [-0.4, -0.2) is 55.2 Å². The zero-order valence-electron chi connectivity index (χ0n) is 12.3. The Hall–Kier alpha value is -1.85. The van der Waals surface area contributed by atoms with Gasteiger partial charge in [-0.15, -0.1) is 0 Å². The molecule has 0 aliphatic carbocycles. The van der Waals surface area contributed by atoms with E-state index in [9.17, 15) is 4.79 Å². The molecule has 1 amide bonds. The van der Waals surface area contributed by atoms with Crippen molar-refractivity contribution in [3.63, 3.8) is 0 Å². The number of ether oxygens (including phenoxy) is 1. The van der Waals surface area contributed by atoms with E-state index in [1.165, 1.54) is 5.56 Å². The molecule has 1 aliphatic heterocycles. The Bertz CT molecular complexity index is 629. The summed E-state index contributed by atoms with van der Waals surface area (Å²) < 4.78 is 5.31. The van der Waals surface area contributed by atoms with E-state index >= 15 is 0 Å². The molecule has 21 heavy (non-hydrogen) atoms. The second kappa shape index (κ2) is 6.28. The third kappa shape index (κ3) is 3.43. The van der Waals surface area contributed by atoms with Gasteiger partial charge < -0.3 is 15.0 Å². The molecule has 1 aromatic carbocycles. The number of hydrogen-bond acceptors (Lipinski definition) is 3. The molecule has 1 fully saturated rings. The average Bonchev–Trinajstić information content (AvgIpc) is 2.91. The lowest BCUT2D eigenvalue weighted by atomic mass is 10.2. The first-order valence-electron chi connectivity index (χ1n) is 7.40. The van der Waals surface area contributed by atoms with Gasteiger partial charge in [0.2, 0.25) is 0 Å². The van der Waals surface area contributed by atoms with E-state index in [0.717, 1.165) is 43.8 Å². The smallest absolute Gasteiger partial charge is 0.267 e. The largest absolute Gasteiger partial charge is 0.379 e. The second-order valence-electron chi connectivity index (χ2n) is 5.48. The monoisotopic (exact) mass is 287 g/mol. The van der Waals surface area contributed by atoms with Crippen LogP contribution in [0.1, 0.15) is 16.1 Å². The number of aromatic amines is 1. The van der Waals surface area contributed by atoms with E-state index in [1.54, 1.807) is 0 Å². The van der Waals surface area contributed by atoms with Crippen LogP contribution in [0.25, 0.3) is 10.9 Å². The zero-order valence-corrected chi connectivity index (χ0v) is 12.3. The number of fused-ring (bicyclic) bond motifs is 1. The molecule has 5 nitrogen and oxygen atoms in total. The minimum atomic E-state index is -0.0443. The van der Waals surface area contributed by atoms with Gasteiger partial charge in [0.15, 0.2) is 0 Å². The van der Waals surface area contributed by atoms with E-state index in [-0.39, 0.29) is 5.91 Å². The number of carbonyl (C=O) groups is 1. The number of aromatic nitrogens is 1. The predicted molar refractivity (Wildman–Crippen MR) is 82.6 cm³/mol. The van der Waals surface area contributed by atoms with Crippen molar-refractivity contribution in [2.24, 2.45) is 0 Å². The standard InChI is InChI=1S/C16H21N3O2/c1-12-2-3-14-13(10-12)11-15(18-14)16(20)17-4-5-19-6-8-21-9-7-19/h2-3,10-11,18H,4-9H2,1H3,(H,17,20). The Morgan fingerprint density at radius 1 is 1.33 bits per heavy atom. The molecule has 2 N–H and O–H groups in total. The van der Waals surface area contributed by atoms with Gasteiger partial charge in [0, 0.05) is 37.1 Å². The Kier molecular flexibility index (Phi) is 4.22. The molecule has 0 atom stereocenters. The van der Waals surface area contributed by atoms with E-state index in [2.05, 4.69) is 28.2 Å². The van der Waals surface area contributed by atoms with Crippen molar-refractivity contribution in [1.82, 2.24) is 15.2 Å². The first kappa shape index (κ1) is 14.1. The van der Waals surface area contributed by atoms with Crippen LogP contribution in [0.2, 0.25) is 0 Å². The zero-order chi connectivity index (χ0) is 14.7. The lowest BCUT2D eigenvalue weighted by molar-refractivity contribution is 0.0383. The second-order valence-corrected chi connectivity index (χ2v) is 5.48. The van der Waals surface area contributed by atoms with Gasteiger partial charge in [0.1, 0.15) is 5.69 Å². The van der Waals surface area contributed by atoms with Gasteiger partial charge in [-0.25, -0.2) is 0 Å². The summed E-state index contributed by atoms with van der Waals surface area (Å²) in [5, 5.41) is 4.05. The van der Waals surface area contributed by atoms with Gasteiger partial charge in [-0.2, -0.15) is 0 Å². The molecule has 5 heteroatoms. The van der Waals surface area contributed by atoms with Crippen molar-refractivity contribution < 1.29 is 9.53 Å². The highest BCUT2D eigenvalue weighted by Crippen LogP contribution is 2.16. The molecule has 3 rings (SSSR count). The van der Waals surface area contributed by atoms with Gasteiger partial charge in [-0.05, 0) is 25.1 Å². The average molecular weight is 287 g/mol. The molecule has 2 aromatic rings. The molecule has 0 spiro atoms. The lowest BCUT2D eigenvalue weighted by Gasteiger charge is -2.26. The molecule has 1 aliphatic rings. The van der Waals surface area contributed by atoms with Crippen molar-refractivity contribution in [2.75, 3.05) is 39.4 Å². The Labute approximate surface area is 124 Å². The molecule has 1 saturated heterocycles. The Morgan fingerprint density at radius 3 is 2.95 bits per heavy atom. The van der Waals surface area contributed by atoms with Crippen molar-refractivity contribution in [2.45, 2.75) is 6.92 Å². The highest BCUT2D eigenvalue weighted by Gasteiger charge is 2.12. The normalized spacial score (nSPS) is 16.2. The minimum absolute atomic E-state index is 0.0443. The van der Waals surface area contributed by atoms with Crippen molar-refractivity contribution in [3.05, 3.63) is 35.5 Å². The van der Waals surface area contributed by atoms with Gasteiger partial charge in [0.25, 0.3) is 5.91 Å². The molecule has 0 saturated carbocycles.